The van der Waals surface area contributed by atoms with Gasteiger partial charge in [0.05, 0.1) is 11.1 Å². The molecule has 1 aliphatic rings. The second kappa shape index (κ2) is 15.0. The fourth-order valence-electron chi connectivity index (χ4n) is 4.49. The average molecular weight is 583 g/mol. The zero-order valence-corrected chi connectivity index (χ0v) is 23.6. The summed E-state index contributed by atoms with van der Waals surface area (Å²) < 4.78 is 55.0. The third-order valence-electron chi connectivity index (χ3n) is 6.40. The largest absolute Gasteiger partial charge is 0.485 e. The number of esters is 2. The van der Waals surface area contributed by atoms with Gasteiger partial charge in [-0.25, -0.2) is 4.79 Å². The fraction of sp³-hybridized carbons (Fsp3) is 0.303. The van der Waals surface area contributed by atoms with Crippen molar-refractivity contribution in [2.45, 2.75) is 52.0 Å². The quantitative estimate of drug-likeness (QED) is 0.192. The van der Waals surface area contributed by atoms with Crippen molar-refractivity contribution in [3.63, 3.8) is 0 Å². The highest BCUT2D eigenvalue weighted by Gasteiger charge is 2.37. The molecule has 4 rings (SSSR count). The van der Waals surface area contributed by atoms with Gasteiger partial charge in [-0.05, 0) is 54.0 Å². The van der Waals surface area contributed by atoms with E-state index in [1.165, 1.54) is 25.1 Å². The van der Waals surface area contributed by atoms with Crippen LogP contribution >= 0.6 is 0 Å². The Labute approximate surface area is 243 Å². The number of benzene rings is 3. The van der Waals surface area contributed by atoms with E-state index in [0.717, 1.165) is 23.3 Å². The number of halogens is 3. The van der Waals surface area contributed by atoms with Crippen LogP contribution < -0.4 is 4.74 Å². The summed E-state index contributed by atoms with van der Waals surface area (Å²) in [5, 5.41) is 0. The van der Waals surface area contributed by atoms with E-state index < -0.39 is 54.2 Å². The molecule has 3 aromatic carbocycles. The van der Waals surface area contributed by atoms with Crippen molar-refractivity contribution in [1.82, 2.24) is 0 Å². The number of hydrogen-bond donors (Lipinski definition) is 0. The third-order valence-corrected chi connectivity index (χ3v) is 6.40. The number of carbonyl (C=O) groups is 3. The fourth-order valence-corrected chi connectivity index (χ4v) is 4.49. The minimum absolute atomic E-state index is 0.0857. The van der Waals surface area contributed by atoms with E-state index in [0.29, 0.717) is 12.0 Å². The molecule has 3 aromatic rings. The normalized spacial score (nSPS) is 18.1. The highest BCUT2D eigenvalue weighted by Crippen LogP contribution is 2.33. The SMILES string of the molecule is CC.CC(=O)O[C@@H]1CC(/C=C/C(=O)COc2cccc(C(F)(F)F)c2)[C@H](OC(=O)c2ccc(-c3ccccc3)cc2)C1. The number of ketones is 1. The zero-order chi connectivity index (χ0) is 30.7. The van der Waals surface area contributed by atoms with E-state index in [9.17, 15) is 27.6 Å². The summed E-state index contributed by atoms with van der Waals surface area (Å²) in [5.41, 5.74) is 1.42. The molecule has 0 amide bonds. The number of hydrogen-bond acceptors (Lipinski definition) is 6. The molecule has 0 heterocycles. The van der Waals surface area contributed by atoms with Gasteiger partial charge in [0, 0.05) is 19.3 Å². The van der Waals surface area contributed by atoms with E-state index in [1.54, 1.807) is 18.2 Å². The Kier molecular flexibility index (Phi) is 11.5. The van der Waals surface area contributed by atoms with Gasteiger partial charge < -0.3 is 14.2 Å². The Bertz CT molecular complexity index is 1370. The Morgan fingerprint density at radius 1 is 0.857 bits per heavy atom. The van der Waals surface area contributed by atoms with Gasteiger partial charge in [0.2, 0.25) is 0 Å². The summed E-state index contributed by atoms with van der Waals surface area (Å²) in [7, 11) is 0. The highest BCUT2D eigenvalue weighted by molar-refractivity contribution is 5.91. The first-order chi connectivity index (χ1) is 20.1. The van der Waals surface area contributed by atoms with Crippen LogP contribution in [-0.2, 0) is 25.2 Å². The molecule has 42 heavy (non-hydrogen) atoms. The predicted molar refractivity (Wildman–Crippen MR) is 152 cm³/mol. The lowest BCUT2D eigenvalue weighted by Gasteiger charge is -2.17. The van der Waals surface area contributed by atoms with Crippen molar-refractivity contribution in [2.24, 2.45) is 5.92 Å². The summed E-state index contributed by atoms with van der Waals surface area (Å²) in [6.07, 6.45) is -2.29. The zero-order valence-electron chi connectivity index (χ0n) is 23.6. The monoisotopic (exact) mass is 582 g/mol. The predicted octanol–water partition coefficient (Wildman–Crippen LogP) is 7.47. The van der Waals surface area contributed by atoms with Crippen molar-refractivity contribution >= 4 is 17.7 Å². The second-order valence-electron chi connectivity index (χ2n) is 9.39. The molecule has 0 aliphatic heterocycles. The number of carbonyl (C=O) groups excluding carboxylic acids is 3. The molecule has 0 saturated heterocycles. The summed E-state index contributed by atoms with van der Waals surface area (Å²) in [5.74, 6) is -2.02. The second-order valence-corrected chi connectivity index (χ2v) is 9.39. The smallest absolute Gasteiger partial charge is 0.416 e. The Balaban J connectivity index is 0.00000237. The minimum Gasteiger partial charge on any atom is -0.485 e. The van der Waals surface area contributed by atoms with Gasteiger partial charge >= 0.3 is 18.1 Å². The molecule has 1 saturated carbocycles. The standard InChI is InChI=1S/C31H27F3O6.C2H6/c1-20(35)39-28-16-24(14-15-26(36)19-38-27-9-5-8-25(17-27)31(32,33)34)29(18-28)40-30(37)23-12-10-22(11-13-23)21-6-3-2-4-7-21;1-2/h2-15,17,24,28-29H,16,18-19H2,1H3;1-2H3/b15-14+;/t24?,28-,29-;/m1./s1. The van der Waals surface area contributed by atoms with Crippen LogP contribution in [0.3, 0.4) is 0 Å². The maximum absolute atomic E-state index is 12.9. The molecule has 0 bridgehead atoms. The molecule has 0 N–H and O–H groups in total. The topological polar surface area (TPSA) is 78.9 Å². The average Bonchev–Trinajstić information content (AvgIpc) is 3.36. The van der Waals surface area contributed by atoms with E-state index in [4.69, 9.17) is 14.2 Å². The Hall–Kier alpha value is -4.40. The Morgan fingerprint density at radius 2 is 1.52 bits per heavy atom. The van der Waals surface area contributed by atoms with Gasteiger partial charge in [0.15, 0.2) is 12.4 Å². The van der Waals surface area contributed by atoms with Gasteiger partial charge in [0.25, 0.3) is 0 Å². The van der Waals surface area contributed by atoms with Crippen LogP contribution in [-0.4, -0.2) is 36.5 Å². The molecule has 222 valence electrons. The van der Waals surface area contributed by atoms with Crippen molar-refractivity contribution in [1.29, 1.82) is 0 Å². The number of rotatable bonds is 9. The lowest BCUT2D eigenvalue weighted by Crippen LogP contribution is -2.22. The summed E-state index contributed by atoms with van der Waals surface area (Å²) in [6, 6.07) is 20.9. The molecule has 0 radical (unpaired) electrons. The lowest BCUT2D eigenvalue weighted by molar-refractivity contribution is -0.146. The molecular formula is C33H33F3O6. The van der Waals surface area contributed by atoms with Crippen LogP contribution in [0.4, 0.5) is 13.2 Å². The Morgan fingerprint density at radius 3 is 2.17 bits per heavy atom. The minimum atomic E-state index is -4.53. The molecule has 9 heteroatoms. The lowest BCUT2D eigenvalue weighted by atomic mass is 10.0. The maximum atomic E-state index is 12.9. The van der Waals surface area contributed by atoms with Crippen LogP contribution in [0.15, 0.2) is 91.0 Å². The van der Waals surface area contributed by atoms with Crippen LogP contribution in [0.1, 0.15) is 49.5 Å². The van der Waals surface area contributed by atoms with Gasteiger partial charge in [-0.3, -0.25) is 9.59 Å². The molecule has 1 fully saturated rings. The van der Waals surface area contributed by atoms with Gasteiger partial charge in [-0.15, -0.1) is 0 Å². The van der Waals surface area contributed by atoms with Crippen LogP contribution in [0.2, 0.25) is 0 Å². The molecule has 6 nitrogen and oxygen atoms in total. The summed E-state index contributed by atoms with van der Waals surface area (Å²) in [4.78, 5) is 36.8. The van der Waals surface area contributed by atoms with Gasteiger partial charge in [0.1, 0.15) is 18.0 Å². The van der Waals surface area contributed by atoms with Crippen molar-refractivity contribution < 1.29 is 41.8 Å². The van der Waals surface area contributed by atoms with Crippen LogP contribution in [0.25, 0.3) is 11.1 Å². The molecule has 3 atom stereocenters. The third kappa shape index (κ3) is 9.33. The van der Waals surface area contributed by atoms with Crippen LogP contribution in [0, 0.1) is 5.92 Å². The van der Waals surface area contributed by atoms with Gasteiger partial charge in [-0.1, -0.05) is 68.5 Å². The van der Waals surface area contributed by atoms with E-state index >= 15 is 0 Å². The molecule has 0 spiro atoms. The van der Waals surface area contributed by atoms with Crippen molar-refractivity contribution in [2.75, 3.05) is 6.61 Å². The first kappa shape index (κ1) is 32.1. The number of alkyl halides is 3. The first-order valence-electron chi connectivity index (χ1n) is 13.6. The van der Waals surface area contributed by atoms with Crippen molar-refractivity contribution in [3.05, 3.63) is 102 Å². The van der Waals surface area contributed by atoms with E-state index in [1.807, 2.05) is 56.3 Å². The maximum Gasteiger partial charge on any atom is 0.416 e. The van der Waals surface area contributed by atoms with E-state index in [2.05, 4.69) is 0 Å². The molecular weight excluding hydrogens is 549 g/mol. The summed E-state index contributed by atoms with van der Waals surface area (Å²) in [6.45, 7) is 4.81. The van der Waals surface area contributed by atoms with Crippen molar-refractivity contribution in [3.8, 4) is 16.9 Å². The van der Waals surface area contributed by atoms with Gasteiger partial charge in [-0.2, -0.15) is 13.2 Å². The van der Waals surface area contributed by atoms with Crippen LogP contribution in [0.5, 0.6) is 5.75 Å². The first-order valence-corrected chi connectivity index (χ1v) is 13.6. The molecule has 1 aliphatic carbocycles. The molecule has 0 aromatic heterocycles. The summed E-state index contributed by atoms with van der Waals surface area (Å²) >= 11 is 0. The number of ether oxygens (including phenoxy) is 3. The van der Waals surface area contributed by atoms with E-state index in [-0.39, 0.29) is 12.2 Å². The highest BCUT2D eigenvalue weighted by atomic mass is 19.4. The molecule has 1 unspecified atom stereocenters.